The minimum Gasteiger partial charge on any atom is -0.404 e. The number of hydrogen-bond acceptors (Lipinski definition) is 2. The second-order valence-corrected chi connectivity index (χ2v) is 3.61. The van der Waals surface area contributed by atoms with Crippen LogP contribution in [0.4, 0.5) is 4.39 Å². The van der Waals surface area contributed by atoms with E-state index in [1.807, 2.05) is 0 Å². The van der Waals surface area contributed by atoms with Gasteiger partial charge in [0.2, 0.25) is 0 Å². The lowest BCUT2D eigenvalue weighted by Crippen LogP contribution is -1.94. The number of phosphoric ester groups is 1. The Morgan fingerprint density at radius 3 is 2.62 bits per heavy atom. The third kappa shape index (κ3) is 2.81. The van der Waals surface area contributed by atoms with Gasteiger partial charge >= 0.3 is 7.82 Å². The van der Waals surface area contributed by atoms with Gasteiger partial charge in [-0.1, -0.05) is 6.07 Å². The van der Waals surface area contributed by atoms with E-state index in [4.69, 9.17) is 9.79 Å². The topological polar surface area (TPSA) is 66.8 Å². The van der Waals surface area contributed by atoms with Gasteiger partial charge in [0.05, 0.1) is 0 Å². The number of hydrogen-bond donors (Lipinski definition) is 2. The van der Waals surface area contributed by atoms with Gasteiger partial charge in [-0.2, -0.15) is 0 Å². The predicted molar refractivity (Wildman–Crippen MR) is 43.8 cm³/mol. The first kappa shape index (κ1) is 10.2. The van der Waals surface area contributed by atoms with Crippen LogP contribution < -0.4 is 4.52 Å². The van der Waals surface area contributed by atoms with Crippen molar-refractivity contribution in [1.29, 1.82) is 0 Å². The summed E-state index contributed by atoms with van der Waals surface area (Å²) in [7, 11) is -4.60. The van der Waals surface area contributed by atoms with E-state index in [9.17, 15) is 8.96 Å². The highest BCUT2D eigenvalue weighted by molar-refractivity contribution is 7.46. The third-order valence-corrected chi connectivity index (χ3v) is 1.87. The lowest BCUT2D eigenvalue weighted by molar-refractivity contribution is 0.282. The number of phosphoric acid groups is 1. The first-order valence-electron chi connectivity index (χ1n) is 3.40. The van der Waals surface area contributed by atoms with Crippen LogP contribution >= 0.6 is 7.82 Å². The summed E-state index contributed by atoms with van der Waals surface area (Å²) in [6, 6.07) is 3.78. The van der Waals surface area contributed by atoms with Gasteiger partial charge in [-0.05, 0) is 19.1 Å². The molecule has 0 aliphatic carbocycles. The van der Waals surface area contributed by atoms with Crippen LogP contribution in [0.5, 0.6) is 5.75 Å². The average molecular weight is 206 g/mol. The predicted octanol–water partition coefficient (Wildman–Crippen LogP) is 1.61. The van der Waals surface area contributed by atoms with Crippen molar-refractivity contribution in [3.05, 3.63) is 29.6 Å². The minimum absolute atomic E-state index is 0.0748. The first-order chi connectivity index (χ1) is 5.90. The lowest BCUT2D eigenvalue weighted by Gasteiger charge is -2.09. The molecule has 0 atom stereocenters. The largest absolute Gasteiger partial charge is 0.524 e. The standard InChI is InChI=1S/C7H8FO4P/c1-5-6(8)3-2-4-7(5)12-13(9,10)11/h2-4H,1H3,(H2,9,10,11). The molecule has 0 aliphatic rings. The molecule has 6 heteroatoms. The molecule has 1 rings (SSSR count). The molecule has 72 valence electrons. The number of halogens is 1. The number of rotatable bonds is 2. The Bertz CT molecular complexity index is 360. The van der Waals surface area contributed by atoms with Crippen molar-refractivity contribution in [2.24, 2.45) is 0 Å². The maximum atomic E-state index is 12.8. The van der Waals surface area contributed by atoms with Crippen LogP contribution in [0.15, 0.2) is 18.2 Å². The van der Waals surface area contributed by atoms with Gasteiger partial charge in [-0.3, -0.25) is 9.79 Å². The zero-order valence-electron chi connectivity index (χ0n) is 6.77. The highest BCUT2D eigenvalue weighted by Crippen LogP contribution is 2.39. The summed E-state index contributed by atoms with van der Waals surface area (Å²) in [5, 5.41) is 0. The summed E-state index contributed by atoms with van der Waals surface area (Å²) in [6.45, 7) is 1.38. The molecule has 0 saturated carbocycles. The molecule has 1 aromatic rings. The molecule has 2 N–H and O–H groups in total. The van der Waals surface area contributed by atoms with Crippen LogP contribution in [-0.2, 0) is 4.57 Å². The normalized spacial score (nSPS) is 11.4. The Morgan fingerprint density at radius 2 is 2.08 bits per heavy atom. The Labute approximate surface area is 74.2 Å². The summed E-state index contributed by atoms with van der Waals surface area (Å²) in [4.78, 5) is 16.9. The quantitative estimate of drug-likeness (QED) is 0.721. The molecular formula is C7H8FO4P. The number of benzene rings is 1. The smallest absolute Gasteiger partial charge is 0.404 e. The van der Waals surface area contributed by atoms with E-state index in [-0.39, 0.29) is 11.3 Å². The van der Waals surface area contributed by atoms with Gasteiger partial charge in [0.15, 0.2) is 0 Å². The molecule has 0 radical (unpaired) electrons. The van der Waals surface area contributed by atoms with E-state index in [1.165, 1.54) is 25.1 Å². The summed E-state index contributed by atoms with van der Waals surface area (Å²) in [6.07, 6.45) is 0. The van der Waals surface area contributed by atoms with Gasteiger partial charge in [0.1, 0.15) is 11.6 Å². The first-order valence-corrected chi connectivity index (χ1v) is 4.93. The summed E-state index contributed by atoms with van der Waals surface area (Å²) in [5.41, 5.74) is 0.0748. The van der Waals surface area contributed by atoms with Crippen LogP contribution in [0, 0.1) is 12.7 Å². The SMILES string of the molecule is Cc1c(F)cccc1OP(=O)(O)O. The fourth-order valence-electron chi connectivity index (χ4n) is 0.815. The zero-order valence-corrected chi connectivity index (χ0v) is 7.66. The van der Waals surface area contributed by atoms with Gasteiger partial charge in [-0.15, -0.1) is 0 Å². The molecule has 0 spiro atoms. The van der Waals surface area contributed by atoms with Crippen molar-refractivity contribution in [3.63, 3.8) is 0 Å². The Hall–Kier alpha value is -0.900. The van der Waals surface area contributed by atoms with Crippen molar-refractivity contribution in [1.82, 2.24) is 0 Å². The Balaban J connectivity index is 3.03. The summed E-state index contributed by atoms with van der Waals surface area (Å²) in [5.74, 6) is -0.709. The van der Waals surface area contributed by atoms with E-state index < -0.39 is 13.6 Å². The second-order valence-electron chi connectivity index (χ2n) is 2.44. The van der Waals surface area contributed by atoms with Crippen molar-refractivity contribution in [2.45, 2.75) is 6.92 Å². The minimum atomic E-state index is -4.60. The molecule has 0 saturated heterocycles. The van der Waals surface area contributed by atoms with Gasteiger partial charge < -0.3 is 4.52 Å². The van der Waals surface area contributed by atoms with Crippen molar-refractivity contribution >= 4 is 7.82 Å². The molecule has 4 nitrogen and oxygen atoms in total. The molecule has 0 aromatic heterocycles. The van der Waals surface area contributed by atoms with E-state index in [0.29, 0.717) is 0 Å². The van der Waals surface area contributed by atoms with E-state index >= 15 is 0 Å². The molecule has 13 heavy (non-hydrogen) atoms. The second kappa shape index (κ2) is 3.46. The fourth-order valence-corrected chi connectivity index (χ4v) is 1.27. The van der Waals surface area contributed by atoms with Crippen LogP contribution in [-0.4, -0.2) is 9.79 Å². The summed E-state index contributed by atoms with van der Waals surface area (Å²) >= 11 is 0. The molecule has 0 amide bonds. The molecule has 0 aliphatic heterocycles. The fraction of sp³-hybridized carbons (Fsp3) is 0.143. The van der Waals surface area contributed by atoms with E-state index in [0.717, 1.165) is 0 Å². The highest BCUT2D eigenvalue weighted by Gasteiger charge is 2.17. The van der Waals surface area contributed by atoms with Crippen molar-refractivity contribution in [3.8, 4) is 5.75 Å². The molecular weight excluding hydrogens is 198 g/mol. The molecule has 0 fully saturated rings. The lowest BCUT2D eigenvalue weighted by atomic mass is 10.2. The van der Waals surface area contributed by atoms with Crippen molar-refractivity contribution in [2.75, 3.05) is 0 Å². The van der Waals surface area contributed by atoms with E-state index in [2.05, 4.69) is 4.52 Å². The van der Waals surface area contributed by atoms with Crippen LogP contribution in [0.1, 0.15) is 5.56 Å². The maximum Gasteiger partial charge on any atom is 0.524 e. The maximum absolute atomic E-state index is 12.8. The van der Waals surface area contributed by atoms with E-state index in [1.54, 1.807) is 0 Å². The van der Waals surface area contributed by atoms with Crippen LogP contribution in [0.3, 0.4) is 0 Å². The van der Waals surface area contributed by atoms with Gasteiger partial charge in [0.25, 0.3) is 0 Å². The van der Waals surface area contributed by atoms with Crippen LogP contribution in [0.25, 0.3) is 0 Å². The van der Waals surface area contributed by atoms with Gasteiger partial charge in [-0.25, -0.2) is 8.96 Å². The third-order valence-electron chi connectivity index (χ3n) is 1.44. The Morgan fingerprint density at radius 1 is 1.46 bits per heavy atom. The monoisotopic (exact) mass is 206 g/mol. The zero-order chi connectivity index (χ0) is 10.1. The van der Waals surface area contributed by atoms with Crippen LogP contribution in [0.2, 0.25) is 0 Å². The Kier molecular flexibility index (Phi) is 2.71. The van der Waals surface area contributed by atoms with Gasteiger partial charge in [0, 0.05) is 5.56 Å². The van der Waals surface area contributed by atoms with Crippen molar-refractivity contribution < 1.29 is 23.3 Å². The average Bonchev–Trinajstić information content (AvgIpc) is 1.96. The molecule has 0 heterocycles. The summed E-state index contributed by atoms with van der Waals surface area (Å²) < 4.78 is 27.5. The highest BCUT2D eigenvalue weighted by atomic mass is 31.2. The molecule has 0 unspecified atom stereocenters. The molecule has 1 aromatic carbocycles. The molecule has 0 bridgehead atoms.